The summed E-state index contributed by atoms with van der Waals surface area (Å²) in [4.78, 5) is 25.5. The zero-order valence-corrected chi connectivity index (χ0v) is 39.0. The summed E-state index contributed by atoms with van der Waals surface area (Å²) < 4.78 is 17.9. The minimum Gasteiger partial charge on any atom is -0.494 e. The summed E-state index contributed by atoms with van der Waals surface area (Å²) in [5.74, 6) is 1.37. The van der Waals surface area contributed by atoms with E-state index in [2.05, 4.69) is 29.8 Å². The van der Waals surface area contributed by atoms with Crippen molar-refractivity contribution in [1.82, 2.24) is 0 Å². The number of hydrogen-bond donors (Lipinski definition) is 0. The second-order valence-electron chi connectivity index (χ2n) is 16.4. The van der Waals surface area contributed by atoms with Gasteiger partial charge in [-0.15, -0.1) is 0 Å². The number of carbonyl (C=O) groups is 2. The number of rotatable bonds is 36. The Balaban J connectivity index is 1.24. The Morgan fingerprint density at radius 3 is 1.22 bits per heavy atom. The van der Waals surface area contributed by atoms with Gasteiger partial charge < -0.3 is 14.2 Å². The van der Waals surface area contributed by atoms with Gasteiger partial charge in [-0.25, -0.2) is 4.79 Å². The number of hydrogen-bond acceptors (Lipinski definition) is 5. The van der Waals surface area contributed by atoms with Crippen molar-refractivity contribution in [3.05, 3.63) is 100 Å². The number of esters is 1. The third-order valence-corrected chi connectivity index (χ3v) is 11.7. The van der Waals surface area contributed by atoms with Gasteiger partial charge in [-0.2, -0.15) is 0 Å². The Bertz CT molecular complexity index is 1610. The van der Waals surface area contributed by atoms with E-state index in [9.17, 15) is 9.59 Å². The average Bonchev–Trinajstić information content (AvgIpc) is 3.26. The number of unbranched alkanes of at least 4 members (excludes halogenated alkanes) is 24. The van der Waals surface area contributed by atoms with E-state index >= 15 is 0 Å². The van der Waals surface area contributed by atoms with E-state index in [0.717, 1.165) is 48.7 Å². The van der Waals surface area contributed by atoms with E-state index in [1.807, 2.05) is 48.5 Å². The first kappa shape index (κ1) is 50.7. The summed E-state index contributed by atoms with van der Waals surface area (Å²) in [6.07, 6.45) is 41.2. The van der Waals surface area contributed by atoms with Crippen molar-refractivity contribution in [2.75, 3.05) is 13.2 Å². The molecule has 5 nitrogen and oxygen atoms in total. The third kappa shape index (κ3) is 24.6. The van der Waals surface area contributed by atoms with Gasteiger partial charge >= 0.3 is 5.97 Å². The summed E-state index contributed by atoms with van der Waals surface area (Å²) in [5, 5.41) is 0. The van der Waals surface area contributed by atoms with E-state index in [0.29, 0.717) is 15.8 Å². The molecule has 0 bridgehead atoms. The molecule has 0 heterocycles. The Kier molecular flexibility index (Phi) is 28.7. The number of ketones is 1. The molecule has 0 aromatic heterocycles. The van der Waals surface area contributed by atoms with E-state index < -0.39 is 5.97 Å². The fourth-order valence-electron chi connectivity index (χ4n) is 7.28. The normalized spacial score (nSPS) is 11.4. The highest BCUT2D eigenvalue weighted by atomic mass is 79.9. The largest absolute Gasteiger partial charge is 0.494 e. The van der Waals surface area contributed by atoms with Gasteiger partial charge in [0.1, 0.15) is 17.2 Å². The van der Waals surface area contributed by atoms with Crippen LogP contribution in [0.2, 0.25) is 0 Å². The maximum absolute atomic E-state index is 12.9. The van der Waals surface area contributed by atoms with Gasteiger partial charge in [0.15, 0.2) is 5.78 Å². The first-order valence-corrected chi connectivity index (χ1v) is 24.7. The summed E-state index contributed by atoms with van der Waals surface area (Å²) in [6, 6.07) is 20.5. The highest BCUT2D eigenvalue weighted by Crippen LogP contribution is 2.27. The highest BCUT2D eigenvalue weighted by molar-refractivity contribution is 9.10. The van der Waals surface area contributed by atoms with Crippen LogP contribution in [0, 0.1) is 0 Å². The van der Waals surface area contributed by atoms with Gasteiger partial charge in [-0.1, -0.05) is 198 Å². The average molecular weight is 886 g/mol. The van der Waals surface area contributed by atoms with Crippen LogP contribution in [0.4, 0.5) is 0 Å². The second kappa shape index (κ2) is 34.0. The molecule has 0 aliphatic carbocycles. The zero-order valence-electron chi connectivity index (χ0n) is 37.4. The van der Waals surface area contributed by atoms with Crippen LogP contribution >= 0.6 is 15.9 Å². The molecule has 0 spiro atoms. The lowest BCUT2D eigenvalue weighted by molar-refractivity contribution is -0.128. The van der Waals surface area contributed by atoms with Gasteiger partial charge in [-0.3, -0.25) is 4.79 Å². The van der Waals surface area contributed by atoms with Crippen molar-refractivity contribution >= 4 is 39.8 Å². The van der Waals surface area contributed by atoms with Crippen LogP contribution in [0.15, 0.2) is 83.4 Å². The van der Waals surface area contributed by atoms with Crippen LogP contribution in [0.3, 0.4) is 0 Å². The molecule has 0 saturated heterocycles. The van der Waals surface area contributed by atoms with Gasteiger partial charge in [0.2, 0.25) is 0 Å². The Hall–Kier alpha value is -3.64. The maximum Gasteiger partial charge on any atom is 0.336 e. The molecule has 0 radical (unpaired) electrons. The Morgan fingerprint density at radius 1 is 0.467 bits per heavy atom. The predicted octanol–water partition coefficient (Wildman–Crippen LogP) is 16.9. The van der Waals surface area contributed by atoms with E-state index in [4.69, 9.17) is 14.2 Å². The molecule has 0 N–H and O–H groups in total. The molecule has 0 aliphatic heterocycles. The predicted molar refractivity (Wildman–Crippen MR) is 257 cm³/mol. The highest BCUT2D eigenvalue weighted by Gasteiger charge is 2.10. The maximum atomic E-state index is 12.9. The minimum absolute atomic E-state index is 0.146. The van der Waals surface area contributed by atoms with Gasteiger partial charge in [-0.05, 0) is 94.5 Å². The molecule has 0 amide bonds. The second-order valence-corrected chi connectivity index (χ2v) is 17.3. The lowest BCUT2D eigenvalue weighted by atomic mass is 10.0. The minimum atomic E-state index is -0.505. The van der Waals surface area contributed by atoms with Crippen LogP contribution in [0.1, 0.15) is 202 Å². The molecule has 0 atom stereocenters. The number of halogens is 1. The Labute approximate surface area is 373 Å². The first-order chi connectivity index (χ1) is 29.5. The standard InChI is InChI=1S/C54H77BrO5/c1-3-5-7-9-11-13-15-16-17-18-19-20-22-24-26-28-44-59-50-38-31-47(32-39-50)34-42-54(57)60-53-41-35-48(45-51(53)55)52(56)40-33-46-29-36-49(37-30-46)58-43-27-25-23-21-14-12-10-8-6-4-2/h29-42,45H,3-28,43-44H2,1-2H3/b40-33+,42-34+. The van der Waals surface area contributed by atoms with Crippen molar-refractivity contribution in [2.45, 2.75) is 181 Å². The molecule has 0 saturated carbocycles. The molecule has 0 aliphatic rings. The smallest absolute Gasteiger partial charge is 0.336 e. The monoisotopic (exact) mass is 884 g/mol. The van der Waals surface area contributed by atoms with Crippen molar-refractivity contribution in [3.8, 4) is 17.2 Å². The zero-order chi connectivity index (χ0) is 42.7. The quantitative estimate of drug-likeness (QED) is 0.0191. The Morgan fingerprint density at radius 2 is 0.833 bits per heavy atom. The third-order valence-electron chi connectivity index (χ3n) is 11.1. The number of ether oxygens (including phenoxy) is 3. The summed E-state index contributed by atoms with van der Waals surface area (Å²) in [5.41, 5.74) is 2.28. The molecular formula is C54H77BrO5. The molecular weight excluding hydrogens is 808 g/mol. The van der Waals surface area contributed by atoms with Crippen LogP contribution in [-0.4, -0.2) is 25.0 Å². The summed E-state index contributed by atoms with van der Waals surface area (Å²) in [6.45, 7) is 5.99. The van der Waals surface area contributed by atoms with E-state index in [1.54, 1.807) is 36.4 Å². The SMILES string of the molecule is CCCCCCCCCCCCCCCCCCOc1ccc(/C=C/C(=O)Oc2ccc(C(=O)/C=C/c3ccc(OCCCCCCCCCCCC)cc3)cc2Br)cc1. The van der Waals surface area contributed by atoms with Crippen molar-refractivity contribution in [1.29, 1.82) is 0 Å². The fourth-order valence-corrected chi connectivity index (χ4v) is 7.74. The summed E-state index contributed by atoms with van der Waals surface area (Å²) in [7, 11) is 0. The molecule has 6 heteroatoms. The first-order valence-electron chi connectivity index (χ1n) is 23.9. The fraction of sp³-hybridized carbons (Fsp3) is 0.556. The lowest BCUT2D eigenvalue weighted by Crippen LogP contribution is -2.05. The number of benzene rings is 3. The van der Waals surface area contributed by atoms with Crippen molar-refractivity contribution in [3.63, 3.8) is 0 Å². The van der Waals surface area contributed by atoms with Crippen molar-refractivity contribution in [2.24, 2.45) is 0 Å². The molecule has 330 valence electrons. The van der Waals surface area contributed by atoms with Crippen molar-refractivity contribution < 1.29 is 23.8 Å². The molecule has 0 fully saturated rings. The summed E-state index contributed by atoms with van der Waals surface area (Å²) >= 11 is 3.46. The van der Waals surface area contributed by atoms with Gasteiger partial charge in [0.25, 0.3) is 0 Å². The van der Waals surface area contributed by atoms with Gasteiger partial charge in [0.05, 0.1) is 17.7 Å². The van der Waals surface area contributed by atoms with Crippen LogP contribution in [0.5, 0.6) is 17.2 Å². The molecule has 0 unspecified atom stereocenters. The van der Waals surface area contributed by atoms with Crippen LogP contribution < -0.4 is 14.2 Å². The molecule has 3 aromatic rings. The van der Waals surface area contributed by atoms with E-state index in [1.165, 1.54) is 160 Å². The molecule has 60 heavy (non-hydrogen) atoms. The topological polar surface area (TPSA) is 61.8 Å². The number of carbonyl (C=O) groups excluding carboxylic acids is 2. The number of allylic oxidation sites excluding steroid dienone is 1. The van der Waals surface area contributed by atoms with Crippen LogP contribution in [0.25, 0.3) is 12.2 Å². The molecule has 3 rings (SSSR count). The molecule has 3 aromatic carbocycles. The lowest BCUT2D eigenvalue weighted by Gasteiger charge is -2.07. The van der Waals surface area contributed by atoms with Gasteiger partial charge in [0, 0.05) is 11.6 Å². The van der Waals surface area contributed by atoms with Crippen LogP contribution in [-0.2, 0) is 4.79 Å². The van der Waals surface area contributed by atoms with E-state index in [-0.39, 0.29) is 5.78 Å².